The van der Waals surface area contributed by atoms with Crippen LogP contribution < -0.4 is 5.32 Å². The van der Waals surface area contributed by atoms with Gasteiger partial charge in [0.25, 0.3) is 0 Å². The van der Waals surface area contributed by atoms with Crippen LogP contribution in [0.1, 0.15) is 34.6 Å². The van der Waals surface area contributed by atoms with Gasteiger partial charge in [0.1, 0.15) is 12.7 Å². The van der Waals surface area contributed by atoms with Gasteiger partial charge in [-0.1, -0.05) is 0 Å². The Morgan fingerprint density at radius 2 is 2.28 bits per heavy atom. The topological polar surface area (TPSA) is 57.1 Å². The molecule has 0 fully saturated rings. The SMILES string of the molecule is CC1=CC(C)=NC(C)N1C=NCC(=O)NC(C)C. The molecule has 1 N–H and O–H groups in total. The van der Waals surface area contributed by atoms with Crippen LogP contribution in [0.25, 0.3) is 0 Å². The van der Waals surface area contributed by atoms with Crippen molar-refractivity contribution in [2.24, 2.45) is 9.98 Å². The molecule has 5 heteroatoms. The van der Waals surface area contributed by atoms with E-state index in [2.05, 4.69) is 15.3 Å². The van der Waals surface area contributed by atoms with E-state index in [-0.39, 0.29) is 24.7 Å². The molecule has 0 spiro atoms. The number of amides is 1. The fraction of sp³-hybridized carbons (Fsp3) is 0.615. The molecule has 18 heavy (non-hydrogen) atoms. The van der Waals surface area contributed by atoms with Crippen LogP contribution in [0, 0.1) is 0 Å². The Bertz CT molecular complexity index is 396. The predicted molar refractivity (Wildman–Crippen MR) is 74.8 cm³/mol. The summed E-state index contributed by atoms with van der Waals surface area (Å²) in [5.74, 6) is -0.0628. The van der Waals surface area contributed by atoms with Crippen molar-refractivity contribution in [3.63, 3.8) is 0 Å². The van der Waals surface area contributed by atoms with Gasteiger partial charge in [-0.3, -0.25) is 14.8 Å². The maximum Gasteiger partial charge on any atom is 0.241 e. The lowest BCUT2D eigenvalue weighted by Gasteiger charge is -2.28. The van der Waals surface area contributed by atoms with Crippen molar-refractivity contribution in [2.75, 3.05) is 6.54 Å². The zero-order valence-corrected chi connectivity index (χ0v) is 11.8. The van der Waals surface area contributed by atoms with Crippen LogP contribution >= 0.6 is 0 Å². The Morgan fingerprint density at radius 1 is 1.61 bits per heavy atom. The first kappa shape index (κ1) is 14.4. The molecule has 0 saturated carbocycles. The summed E-state index contributed by atoms with van der Waals surface area (Å²) in [5, 5.41) is 2.80. The summed E-state index contributed by atoms with van der Waals surface area (Å²) in [7, 11) is 0. The third kappa shape index (κ3) is 4.31. The van der Waals surface area contributed by atoms with E-state index in [4.69, 9.17) is 0 Å². The number of allylic oxidation sites excluding steroid dienone is 2. The lowest BCUT2D eigenvalue weighted by Crippen LogP contribution is -2.34. The molecule has 0 aliphatic carbocycles. The predicted octanol–water partition coefficient (Wildman–Crippen LogP) is 1.57. The van der Waals surface area contributed by atoms with Crippen LogP contribution in [0.3, 0.4) is 0 Å². The number of rotatable bonds is 4. The van der Waals surface area contributed by atoms with Gasteiger partial charge in [0, 0.05) is 17.5 Å². The lowest BCUT2D eigenvalue weighted by molar-refractivity contribution is -0.120. The summed E-state index contributed by atoms with van der Waals surface area (Å²) < 4.78 is 0. The van der Waals surface area contributed by atoms with Gasteiger partial charge in [0.05, 0.1) is 6.34 Å². The van der Waals surface area contributed by atoms with Gasteiger partial charge in [-0.25, -0.2) is 0 Å². The van der Waals surface area contributed by atoms with Crippen molar-refractivity contribution in [3.05, 3.63) is 11.8 Å². The summed E-state index contributed by atoms with van der Waals surface area (Å²) in [6, 6.07) is 0.149. The van der Waals surface area contributed by atoms with Crippen molar-refractivity contribution >= 4 is 18.0 Å². The number of carbonyl (C=O) groups is 1. The summed E-state index contributed by atoms with van der Waals surface area (Å²) in [5.41, 5.74) is 2.10. The van der Waals surface area contributed by atoms with Crippen LogP contribution in [0.4, 0.5) is 0 Å². The second kappa shape index (κ2) is 6.33. The zero-order valence-electron chi connectivity index (χ0n) is 11.8. The highest BCUT2D eigenvalue weighted by molar-refractivity contribution is 5.94. The summed E-state index contributed by atoms with van der Waals surface area (Å²) in [6.45, 7) is 9.99. The highest BCUT2D eigenvalue weighted by Crippen LogP contribution is 2.13. The Hall–Kier alpha value is -1.65. The zero-order chi connectivity index (χ0) is 13.7. The second-order valence-electron chi connectivity index (χ2n) is 4.77. The maximum absolute atomic E-state index is 11.4. The fourth-order valence-corrected chi connectivity index (χ4v) is 1.83. The smallest absolute Gasteiger partial charge is 0.241 e. The maximum atomic E-state index is 11.4. The summed E-state index contributed by atoms with van der Waals surface area (Å²) in [4.78, 5) is 22.0. The molecule has 0 bridgehead atoms. The molecule has 1 amide bonds. The monoisotopic (exact) mass is 250 g/mol. The average Bonchev–Trinajstić information content (AvgIpc) is 2.20. The van der Waals surface area contributed by atoms with Gasteiger partial charge >= 0.3 is 0 Å². The van der Waals surface area contributed by atoms with Crippen molar-refractivity contribution in [1.82, 2.24) is 10.2 Å². The van der Waals surface area contributed by atoms with Gasteiger partial charge < -0.3 is 10.2 Å². The first-order valence-electron chi connectivity index (χ1n) is 6.20. The van der Waals surface area contributed by atoms with Crippen LogP contribution in [0.5, 0.6) is 0 Å². The molecule has 1 aliphatic heterocycles. The van der Waals surface area contributed by atoms with Crippen LogP contribution in [0.2, 0.25) is 0 Å². The van der Waals surface area contributed by atoms with Gasteiger partial charge in [0.2, 0.25) is 5.91 Å². The number of nitrogens with one attached hydrogen (secondary N) is 1. The molecule has 0 saturated heterocycles. The van der Waals surface area contributed by atoms with Crippen molar-refractivity contribution < 1.29 is 4.79 Å². The molecule has 1 unspecified atom stereocenters. The number of hydrogen-bond acceptors (Lipinski definition) is 3. The Morgan fingerprint density at radius 3 is 2.83 bits per heavy atom. The van der Waals surface area contributed by atoms with Crippen LogP contribution in [0.15, 0.2) is 21.8 Å². The molecular formula is C13H22N4O. The van der Waals surface area contributed by atoms with Gasteiger partial charge in [-0.2, -0.15) is 0 Å². The molecule has 1 atom stereocenters. The summed E-state index contributed by atoms with van der Waals surface area (Å²) >= 11 is 0. The highest BCUT2D eigenvalue weighted by Gasteiger charge is 2.15. The first-order valence-corrected chi connectivity index (χ1v) is 6.20. The number of nitrogens with zero attached hydrogens (tertiary/aromatic N) is 3. The molecule has 0 aromatic heterocycles. The van der Waals surface area contributed by atoms with Gasteiger partial charge in [-0.05, 0) is 40.7 Å². The van der Waals surface area contributed by atoms with E-state index in [1.807, 2.05) is 45.6 Å². The quantitative estimate of drug-likeness (QED) is 0.608. The third-order valence-corrected chi connectivity index (χ3v) is 2.51. The minimum Gasteiger partial charge on any atom is -0.352 e. The third-order valence-electron chi connectivity index (χ3n) is 2.51. The molecule has 0 aromatic carbocycles. The second-order valence-corrected chi connectivity index (χ2v) is 4.77. The molecule has 100 valence electrons. The molecule has 0 radical (unpaired) electrons. The van der Waals surface area contributed by atoms with E-state index >= 15 is 0 Å². The Balaban J connectivity index is 2.53. The highest BCUT2D eigenvalue weighted by atomic mass is 16.1. The fourth-order valence-electron chi connectivity index (χ4n) is 1.83. The minimum absolute atomic E-state index is 0.0342. The first-order chi connectivity index (χ1) is 8.40. The van der Waals surface area contributed by atoms with Crippen molar-refractivity contribution in [1.29, 1.82) is 0 Å². The van der Waals surface area contributed by atoms with Gasteiger partial charge in [-0.15, -0.1) is 0 Å². The number of carbonyl (C=O) groups excluding carboxylic acids is 1. The Kier molecular flexibility index (Phi) is 5.07. The normalized spacial score (nSPS) is 20.1. The largest absolute Gasteiger partial charge is 0.352 e. The minimum atomic E-state index is -0.0628. The van der Waals surface area contributed by atoms with E-state index in [1.54, 1.807) is 6.34 Å². The summed E-state index contributed by atoms with van der Waals surface area (Å²) in [6.07, 6.45) is 3.72. The average molecular weight is 250 g/mol. The van der Waals surface area contributed by atoms with Crippen molar-refractivity contribution in [2.45, 2.75) is 46.8 Å². The molecule has 1 aliphatic rings. The molecule has 1 heterocycles. The molecular weight excluding hydrogens is 228 g/mol. The van der Waals surface area contributed by atoms with Crippen LogP contribution in [-0.2, 0) is 4.79 Å². The van der Waals surface area contributed by atoms with Crippen LogP contribution in [-0.4, -0.2) is 41.6 Å². The van der Waals surface area contributed by atoms with E-state index in [1.165, 1.54) is 0 Å². The lowest BCUT2D eigenvalue weighted by atomic mass is 10.2. The van der Waals surface area contributed by atoms with E-state index in [9.17, 15) is 4.79 Å². The molecule has 1 rings (SSSR count). The molecule has 0 aromatic rings. The number of aliphatic imine (C=N–C) groups is 2. The molecule has 5 nitrogen and oxygen atoms in total. The Labute approximate surface area is 109 Å². The van der Waals surface area contributed by atoms with E-state index in [0.29, 0.717) is 0 Å². The van der Waals surface area contributed by atoms with E-state index < -0.39 is 0 Å². The standard InChI is InChI=1S/C13H22N4O/c1-9(2)15-13(18)7-14-8-17-11(4)6-10(3)16-12(17)5/h6,8-9,12H,7H2,1-5H3,(H,15,18). The van der Waals surface area contributed by atoms with Crippen molar-refractivity contribution in [3.8, 4) is 0 Å². The van der Waals surface area contributed by atoms with Gasteiger partial charge in [0.15, 0.2) is 0 Å². The van der Waals surface area contributed by atoms with E-state index in [0.717, 1.165) is 11.4 Å². The number of hydrogen-bond donors (Lipinski definition) is 1.